The molecule has 0 spiro atoms. The van der Waals surface area contributed by atoms with E-state index in [1.807, 2.05) is 18.2 Å². The Balaban J connectivity index is 1.41. The molecule has 1 nitrogen and oxygen atoms in total. The maximum atomic E-state index is 10.0. The molecule has 2 rings (SSSR count). The molecule has 0 aliphatic rings. The van der Waals surface area contributed by atoms with Gasteiger partial charge in [0.1, 0.15) is 5.75 Å². The molecule has 2 aromatic rings. The summed E-state index contributed by atoms with van der Waals surface area (Å²) < 4.78 is 0. The Morgan fingerprint density at radius 2 is 0.966 bits per heavy atom. The number of phenolic OH excluding ortho intramolecular Hbond substituents is 1. The maximum Gasteiger partial charge on any atom is 0.123 e. The van der Waals surface area contributed by atoms with Crippen molar-refractivity contribution in [1.82, 2.24) is 0 Å². The molecule has 0 radical (unpaired) electrons. The Hall–Kier alpha value is -1.50. The molecule has 0 unspecified atom stereocenters. The first kappa shape index (κ1) is 23.8. The number of aromatic hydroxyl groups is 1. The van der Waals surface area contributed by atoms with Gasteiger partial charge in [0.15, 0.2) is 0 Å². The molecular formula is C28H44O. The summed E-state index contributed by atoms with van der Waals surface area (Å²) in [6, 6.07) is 12.2. The van der Waals surface area contributed by atoms with Gasteiger partial charge < -0.3 is 5.11 Å². The first-order valence-electron chi connectivity index (χ1n) is 12.5. The Bertz CT molecular complexity index is 660. The van der Waals surface area contributed by atoms with Crippen molar-refractivity contribution < 1.29 is 5.11 Å². The van der Waals surface area contributed by atoms with Gasteiger partial charge in [-0.25, -0.2) is 0 Å². The van der Waals surface area contributed by atoms with Gasteiger partial charge in [-0.3, -0.25) is 0 Å². The highest BCUT2D eigenvalue weighted by molar-refractivity contribution is 5.90. The largest absolute Gasteiger partial charge is 0.507 e. The summed E-state index contributed by atoms with van der Waals surface area (Å²) in [6.45, 7) is 2.29. The summed E-state index contributed by atoms with van der Waals surface area (Å²) >= 11 is 0. The number of hydrogen-bond donors (Lipinski definition) is 1. The minimum Gasteiger partial charge on any atom is -0.507 e. The van der Waals surface area contributed by atoms with Crippen LogP contribution in [0.15, 0.2) is 36.4 Å². The molecule has 0 aliphatic heterocycles. The Labute approximate surface area is 179 Å². The van der Waals surface area contributed by atoms with E-state index >= 15 is 0 Å². The van der Waals surface area contributed by atoms with E-state index < -0.39 is 0 Å². The summed E-state index contributed by atoms with van der Waals surface area (Å²) in [7, 11) is 0. The summed E-state index contributed by atoms with van der Waals surface area (Å²) in [6.07, 6.45) is 23.7. The number of phenols is 1. The third kappa shape index (κ3) is 9.70. The van der Waals surface area contributed by atoms with Crippen LogP contribution in [0.2, 0.25) is 0 Å². The number of aryl methyl sites for hydroxylation is 1. The SMILES string of the molecule is CCCCCCCCCCCCCCCCCCc1ccc(O)c2ccccc12. The van der Waals surface area contributed by atoms with Crippen LogP contribution < -0.4 is 0 Å². The van der Waals surface area contributed by atoms with Crippen LogP contribution in [-0.2, 0) is 6.42 Å². The van der Waals surface area contributed by atoms with Crippen LogP contribution in [-0.4, -0.2) is 5.11 Å². The molecule has 0 saturated heterocycles. The number of hydrogen-bond acceptors (Lipinski definition) is 1. The van der Waals surface area contributed by atoms with Crippen molar-refractivity contribution in [1.29, 1.82) is 0 Å². The van der Waals surface area contributed by atoms with E-state index in [0.717, 1.165) is 11.8 Å². The van der Waals surface area contributed by atoms with E-state index in [-0.39, 0.29) is 0 Å². The first-order chi connectivity index (χ1) is 14.3. The molecule has 0 bridgehead atoms. The third-order valence-electron chi connectivity index (χ3n) is 6.29. The van der Waals surface area contributed by atoms with E-state index in [1.54, 1.807) is 0 Å². The van der Waals surface area contributed by atoms with Crippen molar-refractivity contribution in [3.05, 3.63) is 42.0 Å². The highest BCUT2D eigenvalue weighted by Crippen LogP contribution is 2.28. The summed E-state index contributed by atoms with van der Waals surface area (Å²) in [5.74, 6) is 0.399. The van der Waals surface area contributed by atoms with Crippen LogP contribution in [0.3, 0.4) is 0 Å². The third-order valence-corrected chi connectivity index (χ3v) is 6.29. The molecule has 0 amide bonds. The quantitative estimate of drug-likeness (QED) is 0.264. The molecule has 0 heterocycles. The standard InChI is InChI=1S/C28H44O/c1-2-3-4-5-6-7-8-9-10-11-12-13-14-15-16-17-20-25-23-24-28(29)27-22-19-18-21-26(25)27/h18-19,21-24,29H,2-17,20H2,1H3. The van der Waals surface area contributed by atoms with Crippen LogP contribution >= 0.6 is 0 Å². The van der Waals surface area contributed by atoms with Crippen molar-refractivity contribution >= 4 is 10.8 Å². The molecule has 162 valence electrons. The molecule has 0 aromatic heterocycles. The lowest BCUT2D eigenvalue weighted by molar-refractivity contribution is 0.481. The zero-order chi connectivity index (χ0) is 20.6. The Morgan fingerprint density at radius 3 is 1.48 bits per heavy atom. The van der Waals surface area contributed by atoms with Crippen LogP contribution in [0.4, 0.5) is 0 Å². The molecule has 2 aromatic carbocycles. The van der Waals surface area contributed by atoms with Gasteiger partial charge >= 0.3 is 0 Å². The molecule has 1 N–H and O–H groups in total. The van der Waals surface area contributed by atoms with Crippen molar-refractivity contribution in [2.75, 3.05) is 0 Å². The van der Waals surface area contributed by atoms with Crippen LogP contribution in [0, 0.1) is 0 Å². The first-order valence-corrected chi connectivity index (χ1v) is 12.5. The van der Waals surface area contributed by atoms with Crippen molar-refractivity contribution in [3.63, 3.8) is 0 Å². The normalized spacial score (nSPS) is 11.3. The maximum absolute atomic E-state index is 10.0. The predicted octanol–water partition coefficient (Wildman–Crippen LogP) is 9.35. The second kappa shape index (κ2) is 15.4. The fourth-order valence-corrected chi connectivity index (χ4v) is 4.43. The highest BCUT2D eigenvalue weighted by atomic mass is 16.3. The van der Waals surface area contributed by atoms with Crippen LogP contribution in [0.5, 0.6) is 5.75 Å². The van der Waals surface area contributed by atoms with E-state index in [4.69, 9.17) is 0 Å². The van der Waals surface area contributed by atoms with Gasteiger partial charge in [-0.05, 0) is 29.9 Å². The highest BCUT2D eigenvalue weighted by Gasteiger charge is 2.04. The lowest BCUT2D eigenvalue weighted by Crippen LogP contribution is -1.89. The monoisotopic (exact) mass is 396 g/mol. The Morgan fingerprint density at radius 1 is 0.517 bits per heavy atom. The van der Waals surface area contributed by atoms with E-state index in [1.165, 1.54) is 114 Å². The van der Waals surface area contributed by atoms with Crippen LogP contribution in [0.25, 0.3) is 10.8 Å². The van der Waals surface area contributed by atoms with Crippen LogP contribution in [0.1, 0.15) is 115 Å². The second-order valence-electron chi connectivity index (χ2n) is 8.84. The van der Waals surface area contributed by atoms with Gasteiger partial charge in [-0.15, -0.1) is 0 Å². The average molecular weight is 397 g/mol. The number of rotatable bonds is 17. The zero-order valence-electron chi connectivity index (χ0n) is 18.9. The van der Waals surface area contributed by atoms with Crippen molar-refractivity contribution in [2.45, 2.75) is 116 Å². The predicted molar refractivity (Wildman–Crippen MR) is 129 cm³/mol. The number of fused-ring (bicyclic) bond motifs is 1. The van der Waals surface area contributed by atoms with Gasteiger partial charge in [0.05, 0.1) is 0 Å². The molecule has 29 heavy (non-hydrogen) atoms. The van der Waals surface area contributed by atoms with Gasteiger partial charge in [0.2, 0.25) is 0 Å². The van der Waals surface area contributed by atoms with Gasteiger partial charge in [0, 0.05) is 5.39 Å². The van der Waals surface area contributed by atoms with Gasteiger partial charge in [-0.2, -0.15) is 0 Å². The summed E-state index contributed by atoms with van der Waals surface area (Å²) in [5.41, 5.74) is 1.38. The molecule has 0 fully saturated rings. The topological polar surface area (TPSA) is 20.2 Å². The van der Waals surface area contributed by atoms with Crippen molar-refractivity contribution in [3.8, 4) is 5.75 Å². The van der Waals surface area contributed by atoms with E-state index in [0.29, 0.717) is 5.75 Å². The molecule has 1 heteroatoms. The fourth-order valence-electron chi connectivity index (χ4n) is 4.43. The molecule has 0 atom stereocenters. The number of unbranched alkanes of at least 4 members (excludes halogenated alkanes) is 15. The second-order valence-corrected chi connectivity index (χ2v) is 8.84. The smallest absolute Gasteiger partial charge is 0.123 e. The lowest BCUT2D eigenvalue weighted by Gasteiger charge is -2.08. The van der Waals surface area contributed by atoms with E-state index in [9.17, 15) is 5.11 Å². The van der Waals surface area contributed by atoms with Crippen molar-refractivity contribution in [2.24, 2.45) is 0 Å². The zero-order valence-corrected chi connectivity index (χ0v) is 18.9. The number of benzene rings is 2. The molecular weight excluding hydrogens is 352 g/mol. The lowest BCUT2D eigenvalue weighted by atomic mass is 9.98. The fraction of sp³-hybridized carbons (Fsp3) is 0.643. The minimum atomic E-state index is 0.399. The van der Waals surface area contributed by atoms with Gasteiger partial charge in [0.25, 0.3) is 0 Å². The minimum absolute atomic E-state index is 0.399. The molecule has 0 aliphatic carbocycles. The average Bonchev–Trinajstić information content (AvgIpc) is 2.75. The Kier molecular flexibility index (Phi) is 12.6. The van der Waals surface area contributed by atoms with Gasteiger partial charge in [-0.1, -0.05) is 134 Å². The molecule has 0 saturated carbocycles. The summed E-state index contributed by atoms with van der Waals surface area (Å²) in [5, 5.41) is 12.2. The van der Waals surface area contributed by atoms with E-state index in [2.05, 4.69) is 25.1 Å². The summed E-state index contributed by atoms with van der Waals surface area (Å²) in [4.78, 5) is 0.